The molecule has 1 amide bonds. The Kier molecular flexibility index (Phi) is 4.80. The van der Waals surface area contributed by atoms with Crippen LogP contribution in [0.25, 0.3) is 11.0 Å². The number of amides is 1. The number of carbonyl (C=O) groups is 1. The zero-order valence-corrected chi connectivity index (χ0v) is 15.8. The van der Waals surface area contributed by atoms with E-state index in [1.165, 1.54) is 11.3 Å². The van der Waals surface area contributed by atoms with Crippen molar-refractivity contribution in [1.29, 1.82) is 0 Å². The molecule has 0 atom stereocenters. The van der Waals surface area contributed by atoms with Crippen LogP contribution in [0.15, 0.2) is 28.2 Å². The third kappa shape index (κ3) is 3.53. The lowest BCUT2D eigenvalue weighted by Gasteiger charge is -2.33. The van der Waals surface area contributed by atoms with Crippen LogP contribution in [-0.2, 0) is 11.3 Å². The second kappa shape index (κ2) is 7.22. The Morgan fingerprint density at radius 2 is 2.19 bits per heavy atom. The van der Waals surface area contributed by atoms with Gasteiger partial charge in [0.2, 0.25) is 5.91 Å². The highest BCUT2D eigenvalue weighted by atomic mass is 35.5. The number of hydrogen-bond donors (Lipinski definition) is 0. The van der Waals surface area contributed by atoms with Crippen molar-refractivity contribution in [1.82, 2.24) is 24.3 Å². The molecule has 0 N–H and O–H groups in total. The van der Waals surface area contributed by atoms with E-state index in [2.05, 4.69) is 15.0 Å². The number of nitrogens with zero attached hydrogens (tertiary/aromatic N) is 5. The summed E-state index contributed by atoms with van der Waals surface area (Å²) in [5, 5.41) is 6.25. The van der Waals surface area contributed by atoms with Gasteiger partial charge in [-0.05, 0) is 13.0 Å². The van der Waals surface area contributed by atoms with Gasteiger partial charge in [0, 0.05) is 49.9 Å². The number of aryl methyl sites for hydroxylation is 1. The predicted octanol–water partition coefficient (Wildman–Crippen LogP) is 2.70. The summed E-state index contributed by atoms with van der Waals surface area (Å²) in [5.41, 5.74) is 1.62. The number of piperazine rings is 1. The fourth-order valence-corrected chi connectivity index (χ4v) is 4.02. The van der Waals surface area contributed by atoms with Crippen LogP contribution in [0.1, 0.15) is 17.1 Å². The molecule has 0 aromatic carbocycles. The molecule has 0 saturated carbocycles. The van der Waals surface area contributed by atoms with E-state index >= 15 is 0 Å². The van der Waals surface area contributed by atoms with Gasteiger partial charge >= 0.3 is 0 Å². The van der Waals surface area contributed by atoms with E-state index in [0.29, 0.717) is 18.2 Å². The van der Waals surface area contributed by atoms with Crippen molar-refractivity contribution in [3.8, 4) is 0 Å². The number of thiazole rings is 1. The van der Waals surface area contributed by atoms with Crippen molar-refractivity contribution in [2.24, 2.45) is 0 Å². The molecule has 1 saturated heterocycles. The molecule has 1 aliphatic rings. The molecule has 26 heavy (non-hydrogen) atoms. The second-order valence-electron chi connectivity index (χ2n) is 6.21. The summed E-state index contributed by atoms with van der Waals surface area (Å²) >= 11 is 7.66. The molecule has 0 radical (unpaired) electrons. The van der Waals surface area contributed by atoms with Gasteiger partial charge in [-0.2, -0.15) is 0 Å². The molecule has 136 valence electrons. The number of carbonyl (C=O) groups excluding carboxylic acids is 1. The van der Waals surface area contributed by atoms with Gasteiger partial charge in [-0.3, -0.25) is 14.1 Å². The second-order valence-corrected chi connectivity index (χ2v) is 7.44. The summed E-state index contributed by atoms with van der Waals surface area (Å²) in [6.45, 7) is 5.62. The van der Waals surface area contributed by atoms with Crippen molar-refractivity contribution >= 4 is 39.9 Å². The molecule has 0 bridgehead atoms. The van der Waals surface area contributed by atoms with Gasteiger partial charge in [0.1, 0.15) is 0 Å². The average molecular weight is 392 g/mol. The maximum Gasteiger partial charge on any atom is 0.246 e. The van der Waals surface area contributed by atoms with Gasteiger partial charge < -0.3 is 9.42 Å². The maximum atomic E-state index is 12.5. The molecule has 9 heteroatoms. The Bertz CT molecular complexity index is 952. The monoisotopic (exact) mass is 391 g/mol. The number of halogens is 1. The Labute approximate surface area is 159 Å². The fraction of sp³-hybridized carbons (Fsp3) is 0.353. The summed E-state index contributed by atoms with van der Waals surface area (Å²) in [7, 11) is 0. The Morgan fingerprint density at radius 3 is 2.92 bits per heavy atom. The minimum Gasteiger partial charge on any atom is -0.360 e. The van der Waals surface area contributed by atoms with E-state index in [-0.39, 0.29) is 5.91 Å². The van der Waals surface area contributed by atoms with Crippen molar-refractivity contribution in [3.63, 3.8) is 0 Å². The molecule has 4 rings (SSSR count). The van der Waals surface area contributed by atoms with Crippen molar-refractivity contribution in [3.05, 3.63) is 46.0 Å². The zero-order valence-electron chi connectivity index (χ0n) is 14.3. The zero-order chi connectivity index (χ0) is 18.1. The molecule has 3 aromatic heterocycles. The maximum absolute atomic E-state index is 12.5. The standard InChI is InChI=1S/C17H18ClN5O2S/c1-12-10-13(25-20-12)11-21-4-6-22(7-5-21)15(24)3-2-14-16(18)19-17-23(14)8-9-26-17/h2-3,8-10H,4-7,11H2,1H3/b3-2+. The molecule has 4 heterocycles. The molecular formula is C17H18ClN5O2S. The van der Waals surface area contributed by atoms with E-state index in [9.17, 15) is 4.79 Å². The molecule has 0 unspecified atom stereocenters. The highest BCUT2D eigenvalue weighted by molar-refractivity contribution is 7.15. The topological polar surface area (TPSA) is 66.9 Å². The molecular weight excluding hydrogens is 374 g/mol. The number of rotatable bonds is 4. The summed E-state index contributed by atoms with van der Waals surface area (Å²) in [5.74, 6) is 0.846. The van der Waals surface area contributed by atoms with Crippen LogP contribution in [0.4, 0.5) is 0 Å². The first-order valence-corrected chi connectivity index (χ1v) is 9.58. The van der Waals surface area contributed by atoms with E-state index in [4.69, 9.17) is 16.1 Å². The largest absolute Gasteiger partial charge is 0.360 e. The van der Waals surface area contributed by atoms with Crippen molar-refractivity contribution < 1.29 is 9.32 Å². The first-order valence-electron chi connectivity index (χ1n) is 8.33. The molecule has 0 spiro atoms. The summed E-state index contributed by atoms with van der Waals surface area (Å²) < 4.78 is 7.14. The third-order valence-corrected chi connectivity index (χ3v) is 5.41. The number of aromatic nitrogens is 3. The van der Waals surface area contributed by atoms with E-state index in [0.717, 1.165) is 41.7 Å². The molecule has 7 nitrogen and oxygen atoms in total. The molecule has 1 aliphatic heterocycles. The van der Waals surface area contributed by atoms with Crippen LogP contribution in [0.5, 0.6) is 0 Å². The molecule has 3 aromatic rings. The van der Waals surface area contributed by atoms with Gasteiger partial charge in [-0.25, -0.2) is 4.98 Å². The lowest BCUT2D eigenvalue weighted by molar-refractivity contribution is -0.127. The van der Waals surface area contributed by atoms with Crippen LogP contribution in [0, 0.1) is 6.92 Å². The first-order chi connectivity index (χ1) is 12.6. The quantitative estimate of drug-likeness (QED) is 0.640. The van der Waals surface area contributed by atoms with E-state index in [1.54, 1.807) is 12.2 Å². The van der Waals surface area contributed by atoms with Gasteiger partial charge in [0.05, 0.1) is 17.9 Å². The first kappa shape index (κ1) is 17.3. The number of fused-ring (bicyclic) bond motifs is 1. The average Bonchev–Trinajstić information content (AvgIpc) is 3.31. The van der Waals surface area contributed by atoms with Crippen LogP contribution in [0.3, 0.4) is 0 Å². The van der Waals surface area contributed by atoms with Crippen molar-refractivity contribution in [2.75, 3.05) is 26.2 Å². The van der Waals surface area contributed by atoms with Crippen molar-refractivity contribution in [2.45, 2.75) is 13.5 Å². The Balaban J connectivity index is 1.35. The fourth-order valence-electron chi connectivity index (χ4n) is 3.02. The summed E-state index contributed by atoms with van der Waals surface area (Å²) in [4.78, 5) is 21.7. The summed E-state index contributed by atoms with van der Waals surface area (Å²) in [6, 6.07) is 1.95. The Morgan fingerprint density at radius 1 is 1.38 bits per heavy atom. The molecule has 0 aliphatic carbocycles. The van der Waals surface area contributed by atoms with Gasteiger partial charge in [0.15, 0.2) is 15.9 Å². The third-order valence-electron chi connectivity index (χ3n) is 4.38. The van der Waals surface area contributed by atoms with Gasteiger partial charge in [-0.1, -0.05) is 16.8 Å². The minimum atomic E-state index is -0.0126. The number of hydrogen-bond acceptors (Lipinski definition) is 6. The van der Waals surface area contributed by atoms with E-state index < -0.39 is 0 Å². The SMILES string of the molecule is Cc1cc(CN2CCN(C(=O)/C=C/c3c(Cl)nc4sccn34)CC2)on1. The molecule has 1 fully saturated rings. The summed E-state index contributed by atoms with van der Waals surface area (Å²) in [6.07, 6.45) is 5.20. The highest BCUT2D eigenvalue weighted by Crippen LogP contribution is 2.22. The normalized spacial score (nSPS) is 16.2. The Hall–Kier alpha value is -2.16. The van der Waals surface area contributed by atoms with E-state index in [1.807, 2.05) is 33.9 Å². The smallest absolute Gasteiger partial charge is 0.246 e. The van der Waals surface area contributed by atoms with Crippen LogP contribution in [-0.4, -0.2) is 56.4 Å². The predicted molar refractivity (Wildman–Crippen MR) is 100 cm³/mol. The van der Waals surface area contributed by atoms with Crippen LogP contribution in [0.2, 0.25) is 5.15 Å². The minimum absolute atomic E-state index is 0.0126. The van der Waals surface area contributed by atoms with Gasteiger partial charge in [-0.15, -0.1) is 11.3 Å². The van der Waals surface area contributed by atoms with Crippen LogP contribution >= 0.6 is 22.9 Å². The lowest BCUT2D eigenvalue weighted by atomic mass is 10.2. The van der Waals surface area contributed by atoms with Gasteiger partial charge in [0.25, 0.3) is 0 Å². The highest BCUT2D eigenvalue weighted by Gasteiger charge is 2.21. The van der Waals surface area contributed by atoms with Crippen LogP contribution < -0.4 is 0 Å². The lowest BCUT2D eigenvalue weighted by Crippen LogP contribution is -2.47. The number of imidazole rings is 1.